The largest absolute Gasteiger partial charge is 0.416 e. The van der Waals surface area contributed by atoms with E-state index in [0.717, 1.165) is 18.4 Å². The van der Waals surface area contributed by atoms with E-state index in [2.05, 4.69) is 5.32 Å². The molecule has 1 aliphatic heterocycles. The molecule has 0 aliphatic carbocycles. The molecule has 0 atom stereocenters. The fraction of sp³-hybridized carbons (Fsp3) is 0.381. The number of alkyl halides is 3. The molecular weight excluding hydrogens is 419 g/mol. The first kappa shape index (κ1) is 22.3. The van der Waals surface area contributed by atoms with Crippen LogP contribution in [0.25, 0.3) is 0 Å². The average molecular weight is 441 g/mol. The molecule has 1 saturated heterocycles. The van der Waals surface area contributed by atoms with Gasteiger partial charge < -0.3 is 10.1 Å². The van der Waals surface area contributed by atoms with Crippen molar-refractivity contribution in [2.24, 2.45) is 0 Å². The number of amides is 1. The number of carbonyl (C=O) groups is 1. The molecule has 0 radical (unpaired) electrons. The number of hydrogen-bond acceptors (Lipinski definition) is 4. The second-order valence-corrected chi connectivity index (χ2v) is 9.39. The van der Waals surface area contributed by atoms with E-state index in [1.807, 2.05) is 0 Å². The summed E-state index contributed by atoms with van der Waals surface area (Å²) in [6.07, 6.45) is -2.85. The minimum absolute atomic E-state index is 0.129. The van der Waals surface area contributed by atoms with Crippen molar-refractivity contribution < 1.29 is 31.1 Å². The highest BCUT2D eigenvalue weighted by molar-refractivity contribution is 7.90. The van der Waals surface area contributed by atoms with Crippen LogP contribution in [0.3, 0.4) is 0 Å². The third-order valence-corrected chi connectivity index (χ3v) is 6.46. The van der Waals surface area contributed by atoms with Crippen molar-refractivity contribution in [2.45, 2.75) is 35.9 Å². The number of carbonyl (C=O) groups excluding carboxylic acids is 1. The van der Waals surface area contributed by atoms with Gasteiger partial charge >= 0.3 is 6.18 Å². The number of benzene rings is 2. The Bertz CT molecular complexity index is 1010. The van der Waals surface area contributed by atoms with E-state index in [1.165, 1.54) is 18.2 Å². The van der Waals surface area contributed by atoms with E-state index in [4.69, 9.17) is 4.74 Å². The van der Waals surface area contributed by atoms with Gasteiger partial charge in [0.2, 0.25) is 5.91 Å². The van der Waals surface area contributed by atoms with Crippen molar-refractivity contribution in [3.05, 3.63) is 65.2 Å². The van der Waals surface area contributed by atoms with Gasteiger partial charge in [0.25, 0.3) is 0 Å². The summed E-state index contributed by atoms with van der Waals surface area (Å²) in [7, 11) is -3.32. The van der Waals surface area contributed by atoms with Crippen LogP contribution in [0, 0.1) is 0 Å². The third kappa shape index (κ3) is 4.84. The van der Waals surface area contributed by atoms with Gasteiger partial charge in [-0.3, -0.25) is 4.79 Å². The lowest BCUT2D eigenvalue weighted by atomic mass is 9.73. The Morgan fingerprint density at radius 1 is 1.10 bits per heavy atom. The molecule has 1 N–H and O–H groups in total. The van der Waals surface area contributed by atoms with E-state index < -0.39 is 27.0 Å². The Labute approximate surface area is 173 Å². The summed E-state index contributed by atoms with van der Waals surface area (Å²) in [6, 6.07) is 11.0. The van der Waals surface area contributed by atoms with Crippen LogP contribution in [0.15, 0.2) is 53.4 Å². The van der Waals surface area contributed by atoms with E-state index in [0.29, 0.717) is 11.1 Å². The molecule has 162 valence electrons. The molecule has 1 fully saturated rings. The number of rotatable bonds is 5. The summed E-state index contributed by atoms with van der Waals surface area (Å²) in [4.78, 5) is 13.3. The van der Waals surface area contributed by atoms with Crippen LogP contribution >= 0.6 is 0 Å². The van der Waals surface area contributed by atoms with Crippen LogP contribution in [0.2, 0.25) is 0 Å². The summed E-state index contributed by atoms with van der Waals surface area (Å²) in [5.74, 6) is -0.377. The van der Waals surface area contributed by atoms with Crippen LogP contribution in [-0.4, -0.2) is 33.8 Å². The Hall–Kier alpha value is -2.39. The molecule has 5 nitrogen and oxygen atoms in total. The quantitative estimate of drug-likeness (QED) is 0.771. The van der Waals surface area contributed by atoms with Crippen LogP contribution < -0.4 is 5.32 Å². The zero-order valence-corrected chi connectivity index (χ0v) is 17.1. The second kappa shape index (κ2) is 8.39. The zero-order chi connectivity index (χ0) is 22.0. The predicted octanol–water partition coefficient (Wildman–Crippen LogP) is 3.47. The van der Waals surface area contributed by atoms with Crippen molar-refractivity contribution in [2.75, 3.05) is 19.5 Å². The van der Waals surface area contributed by atoms with Gasteiger partial charge in [-0.25, -0.2) is 8.42 Å². The standard InChI is InChI=1S/C21H22F3NO4S/c1-30(27,28)18-7-5-15(6-8-18)14-25-19(26)20(9-11-29-12-10-20)16-3-2-4-17(13-16)21(22,23)24/h2-8,13H,9-12,14H2,1H3,(H,25,26). The molecule has 1 amide bonds. The Kier molecular flexibility index (Phi) is 6.24. The van der Waals surface area contributed by atoms with Crippen LogP contribution in [-0.2, 0) is 37.5 Å². The number of nitrogens with one attached hydrogen (secondary N) is 1. The molecule has 30 heavy (non-hydrogen) atoms. The highest BCUT2D eigenvalue weighted by Crippen LogP contribution is 2.38. The molecule has 0 aromatic heterocycles. The van der Waals surface area contributed by atoms with Gasteiger partial charge in [0.15, 0.2) is 9.84 Å². The van der Waals surface area contributed by atoms with Crippen LogP contribution in [0.5, 0.6) is 0 Å². The molecule has 9 heteroatoms. The molecule has 2 aromatic carbocycles. The second-order valence-electron chi connectivity index (χ2n) is 7.37. The van der Waals surface area contributed by atoms with E-state index in [9.17, 15) is 26.4 Å². The van der Waals surface area contributed by atoms with E-state index in [1.54, 1.807) is 18.2 Å². The van der Waals surface area contributed by atoms with Crippen molar-refractivity contribution in [1.82, 2.24) is 5.32 Å². The summed E-state index contributed by atoms with van der Waals surface area (Å²) < 4.78 is 68.0. The molecule has 0 saturated carbocycles. The van der Waals surface area contributed by atoms with Gasteiger partial charge in [-0.15, -0.1) is 0 Å². The monoisotopic (exact) mass is 441 g/mol. The summed E-state index contributed by atoms with van der Waals surface area (Å²) in [5, 5.41) is 2.80. The van der Waals surface area contributed by atoms with Gasteiger partial charge in [0.1, 0.15) is 0 Å². The van der Waals surface area contributed by atoms with Crippen molar-refractivity contribution >= 4 is 15.7 Å². The van der Waals surface area contributed by atoms with Gasteiger partial charge in [-0.2, -0.15) is 13.2 Å². The average Bonchev–Trinajstić information content (AvgIpc) is 2.71. The van der Waals surface area contributed by atoms with Crippen molar-refractivity contribution in [3.63, 3.8) is 0 Å². The lowest BCUT2D eigenvalue weighted by molar-refractivity contribution is -0.138. The first-order valence-electron chi connectivity index (χ1n) is 9.35. The van der Waals surface area contributed by atoms with Gasteiger partial charge in [0, 0.05) is 26.0 Å². The normalized spacial score (nSPS) is 16.8. The number of ether oxygens (including phenoxy) is 1. The minimum atomic E-state index is -4.50. The molecule has 0 bridgehead atoms. The first-order chi connectivity index (χ1) is 14.0. The molecule has 1 aliphatic rings. The zero-order valence-electron chi connectivity index (χ0n) is 16.3. The fourth-order valence-electron chi connectivity index (χ4n) is 3.57. The molecular formula is C21H22F3NO4S. The topological polar surface area (TPSA) is 72.5 Å². The maximum atomic E-state index is 13.2. The number of halogens is 3. The van der Waals surface area contributed by atoms with Crippen molar-refractivity contribution in [3.8, 4) is 0 Å². The fourth-order valence-corrected chi connectivity index (χ4v) is 4.20. The van der Waals surface area contributed by atoms with Gasteiger partial charge in [-0.1, -0.05) is 30.3 Å². The molecule has 2 aromatic rings. The van der Waals surface area contributed by atoms with Crippen LogP contribution in [0.4, 0.5) is 13.2 Å². The van der Waals surface area contributed by atoms with E-state index >= 15 is 0 Å². The third-order valence-electron chi connectivity index (χ3n) is 5.33. The smallest absolute Gasteiger partial charge is 0.381 e. The van der Waals surface area contributed by atoms with E-state index in [-0.39, 0.29) is 43.4 Å². The summed E-state index contributed by atoms with van der Waals surface area (Å²) in [5.41, 5.74) is -0.922. The van der Waals surface area contributed by atoms with Gasteiger partial charge in [0.05, 0.1) is 15.9 Å². The summed E-state index contributed by atoms with van der Waals surface area (Å²) >= 11 is 0. The predicted molar refractivity (Wildman–Crippen MR) is 105 cm³/mol. The first-order valence-corrected chi connectivity index (χ1v) is 11.2. The Balaban J connectivity index is 1.83. The number of sulfone groups is 1. The molecule has 0 unspecified atom stereocenters. The van der Waals surface area contributed by atoms with Gasteiger partial charge in [-0.05, 0) is 42.2 Å². The highest BCUT2D eigenvalue weighted by atomic mass is 32.2. The van der Waals surface area contributed by atoms with Crippen LogP contribution in [0.1, 0.15) is 29.5 Å². The lowest BCUT2D eigenvalue weighted by Crippen LogP contribution is -2.47. The Morgan fingerprint density at radius 2 is 1.73 bits per heavy atom. The maximum absolute atomic E-state index is 13.2. The molecule has 3 rings (SSSR count). The lowest BCUT2D eigenvalue weighted by Gasteiger charge is -2.36. The summed E-state index contributed by atoms with van der Waals surface area (Å²) in [6.45, 7) is 0.671. The number of hydrogen-bond donors (Lipinski definition) is 1. The minimum Gasteiger partial charge on any atom is -0.381 e. The Morgan fingerprint density at radius 3 is 2.30 bits per heavy atom. The van der Waals surface area contributed by atoms with Crippen molar-refractivity contribution in [1.29, 1.82) is 0 Å². The molecule has 0 spiro atoms. The SMILES string of the molecule is CS(=O)(=O)c1ccc(CNC(=O)C2(c3cccc(C(F)(F)F)c3)CCOCC2)cc1. The maximum Gasteiger partial charge on any atom is 0.416 e. The molecule has 1 heterocycles. The highest BCUT2D eigenvalue weighted by Gasteiger charge is 2.43.